The average Bonchev–Trinajstić information content (AvgIpc) is 3.06. The number of benzene rings is 1. The number of hydrogen-bond donors (Lipinski definition) is 1. The molecule has 148 valence electrons. The van der Waals surface area contributed by atoms with Crippen molar-refractivity contribution in [3.05, 3.63) is 34.9 Å². The third-order valence-corrected chi connectivity index (χ3v) is 3.87. The maximum atomic E-state index is 12.7. The Kier molecular flexibility index (Phi) is 5.04. The molecule has 1 N–H and O–H groups in total. The Morgan fingerprint density at radius 2 is 1.89 bits per heavy atom. The highest BCUT2D eigenvalue weighted by Gasteiger charge is 2.18. The molecule has 0 aliphatic rings. The molecule has 3 rings (SSSR count). The molecule has 0 aliphatic carbocycles. The van der Waals surface area contributed by atoms with Gasteiger partial charge in [-0.2, -0.15) is 4.68 Å². The van der Waals surface area contributed by atoms with Crippen molar-refractivity contribution in [2.75, 3.05) is 14.2 Å². The zero-order valence-corrected chi connectivity index (χ0v) is 16.4. The Bertz CT molecular complexity index is 1080. The average molecular weight is 386 g/mol. The first kappa shape index (κ1) is 19.3. The molecule has 1 amide bonds. The third-order valence-electron chi connectivity index (χ3n) is 3.87. The lowest BCUT2D eigenvalue weighted by atomic mass is 10.1. The maximum absolute atomic E-state index is 12.7. The molecule has 2 aromatic heterocycles. The van der Waals surface area contributed by atoms with Crippen LogP contribution in [0, 0.1) is 0 Å². The van der Waals surface area contributed by atoms with Crippen LogP contribution in [0.3, 0.4) is 0 Å². The number of amides is 1. The molecule has 0 fully saturated rings. The summed E-state index contributed by atoms with van der Waals surface area (Å²) in [6.45, 7) is 5.44. The molecular weight excluding hydrogens is 364 g/mol. The number of rotatable bonds is 5. The second kappa shape index (κ2) is 7.29. The van der Waals surface area contributed by atoms with Gasteiger partial charge >= 0.3 is 0 Å². The molecule has 0 aliphatic heterocycles. The van der Waals surface area contributed by atoms with Crippen molar-refractivity contribution >= 4 is 17.1 Å². The van der Waals surface area contributed by atoms with Gasteiger partial charge < -0.3 is 14.8 Å². The number of carbonyl (C=O) groups excluding carboxylic acids is 1. The van der Waals surface area contributed by atoms with E-state index in [0.717, 1.165) is 0 Å². The van der Waals surface area contributed by atoms with Crippen LogP contribution in [0.1, 0.15) is 20.8 Å². The van der Waals surface area contributed by atoms with Crippen molar-refractivity contribution < 1.29 is 14.3 Å². The van der Waals surface area contributed by atoms with Crippen LogP contribution in [0.2, 0.25) is 0 Å². The van der Waals surface area contributed by atoms with E-state index in [9.17, 15) is 9.59 Å². The number of hydrogen-bond acceptors (Lipinski definition) is 7. The van der Waals surface area contributed by atoms with Gasteiger partial charge in [-0.25, -0.2) is 4.98 Å². The van der Waals surface area contributed by atoms with Crippen molar-refractivity contribution in [3.8, 4) is 17.2 Å². The minimum absolute atomic E-state index is 0.0702. The van der Waals surface area contributed by atoms with E-state index in [2.05, 4.69) is 20.6 Å². The molecule has 0 saturated heterocycles. The molecule has 0 radical (unpaired) electrons. The van der Waals surface area contributed by atoms with Gasteiger partial charge in [0.25, 0.3) is 5.56 Å². The summed E-state index contributed by atoms with van der Waals surface area (Å²) in [5, 5.41) is 10.8. The van der Waals surface area contributed by atoms with Gasteiger partial charge in [0.1, 0.15) is 12.9 Å². The summed E-state index contributed by atoms with van der Waals surface area (Å²) in [7, 11) is 3.07. The fourth-order valence-corrected chi connectivity index (χ4v) is 2.70. The summed E-state index contributed by atoms with van der Waals surface area (Å²) in [6, 6.07) is 5.18. The van der Waals surface area contributed by atoms with Crippen LogP contribution in [0.4, 0.5) is 0 Å². The van der Waals surface area contributed by atoms with Gasteiger partial charge in [0, 0.05) is 11.6 Å². The second-order valence-corrected chi connectivity index (χ2v) is 7.19. The topological polar surface area (TPSA) is 113 Å². The van der Waals surface area contributed by atoms with Gasteiger partial charge in [-0.3, -0.25) is 14.2 Å². The Morgan fingerprint density at radius 3 is 2.54 bits per heavy atom. The van der Waals surface area contributed by atoms with E-state index in [1.807, 2.05) is 20.8 Å². The van der Waals surface area contributed by atoms with Crippen LogP contribution in [0.15, 0.2) is 29.3 Å². The summed E-state index contributed by atoms with van der Waals surface area (Å²) >= 11 is 0. The van der Waals surface area contributed by atoms with Gasteiger partial charge in [0.2, 0.25) is 5.91 Å². The molecule has 0 atom stereocenters. The molecule has 0 saturated carbocycles. The van der Waals surface area contributed by atoms with E-state index in [1.54, 1.807) is 25.3 Å². The molecular formula is C18H22N6O4. The first-order valence-electron chi connectivity index (χ1n) is 8.58. The van der Waals surface area contributed by atoms with Crippen LogP contribution in [-0.4, -0.2) is 50.2 Å². The molecule has 10 heteroatoms. The number of ether oxygens (including phenoxy) is 2. The molecule has 28 heavy (non-hydrogen) atoms. The summed E-state index contributed by atoms with van der Waals surface area (Å²) in [5.41, 5.74) is 0.121. The van der Waals surface area contributed by atoms with Crippen LogP contribution in [0.5, 0.6) is 11.5 Å². The van der Waals surface area contributed by atoms with Gasteiger partial charge in [0.05, 0.1) is 19.9 Å². The van der Waals surface area contributed by atoms with E-state index in [1.165, 1.54) is 22.7 Å². The van der Waals surface area contributed by atoms with Crippen LogP contribution in [0.25, 0.3) is 16.9 Å². The third kappa shape index (κ3) is 3.80. The highest BCUT2D eigenvalue weighted by molar-refractivity contribution is 5.77. The molecule has 10 nitrogen and oxygen atoms in total. The number of methoxy groups -OCH3 is 2. The van der Waals surface area contributed by atoms with Gasteiger partial charge in [-0.15, -0.1) is 5.10 Å². The largest absolute Gasteiger partial charge is 0.493 e. The smallest absolute Gasteiger partial charge is 0.284 e. The second-order valence-electron chi connectivity index (χ2n) is 7.19. The zero-order chi connectivity index (χ0) is 20.5. The molecule has 1 aromatic carbocycles. The molecule has 0 bridgehead atoms. The molecule has 0 unspecified atom stereocenters. The van der Waals surface area contributed by atoms with Crippen LogP contribution >= 0.6 is 0 Å². The molecule has 3 aromatic rings. The van der Waals surface area contributed by atoms with Crippen LogP contribution < -0.4 is 20.3 Å². The van der Waals surface area contributed by atoms with E-state index in [0.29, 0.717) is 17.2 Å². The SMILES string of the molecule is COc1ccc(-n2nnc3c(=O)n(CC(=O)NC(C)(C)C)cnc32)cc1OC. The van der Waals surface area contributed by atoms with Crippen molar-refractivity contribution in [1.82, 2.24) is 29.9 Å². The normalized spacial score (nSPS) is 11.5. The van der Waals surface area contributed by atoms with Gasteiger partial charge in [0.15, 0.2) is 22.7 Å². The maximum Gasteiger partial charge on any atom is 0.284 e. The van der Waals surface area contributed by atoms with Crippen molar-refractivity contribution in [2.24, 2.45) is 0 Å². The predicted molar refractivity (Wildman–Crippen MR) is 102 cm³/mol. The van der Waals surface area contributed by atoms with Gasteiger partial charge in [-0.1, -0.05) is 5.21 Å². The summed E-state index contributed by atoms with van der Waals surface area (Å²) in [4.78, 5) is 29.1. The van der Waals surface area contributed by atoms with E-state index < -0.39 is 11.1 Å². The highest BCUT2D eigenvalue weighted by atomic mass is 16.5. The molecule has 0 spiro atoms. The number of nitrogens with one attached hydrogen (secondary N) is 1. The Hall–Kier alpha value is -3.43. The summed E-state index contributed by atoms with van der Waals surface area (Å²) in [6.07, 6.45) is 1.31. The lowest BCUT2D eigenvalue weighted by Crippen LogP contribution is -2.43. The number of carbonyl (C=O) groups is 1. The fraction of sp³-hybridized carbons (Fsp3) is 0.389. The van der Waals surface area contributed by atoms with Crippen LogP contribution in [-0.2, 0) is 11.3 Å². The predicted octanol–water partition coefficient (Wildman–Crippen LogP) is 0.909. The number of aromatic nitrogens is 5. The van der Waals surface area contributed by atoms with Gasteiger partial charge in [-0.05, 0) is 32.9 Å². The number of fused-ring (bicyclic) bond motifs is 1. The summed E-state index contributed by atoms with van der Waals surface area (Å²) in [5.74, 6) is 0.787. The monoisotopic (exact) mass is 386 g/mol. The minimum atomic E-state index is -0.444. The Labute approximate surface area is 161 Å². The fourth-order valence-electron chi connectivity index (χ4n) is 2.70. The van der Waals surface area contributed by atoms with Crippen molar-refractivity contribution in [2.45, 2.75) is 32.9 Å². The lowest BCUT2D eigenvalue weighted by Gasteiger charge is -2.20. The first-order chi connectivity index (χ1) is 13.2. The van der Waals surface area contributed by atoms with E-state index in [-0.39, 0.29) is 23.6 Å². The number of nitrogens with zero attached hydrogens (tertiary/aromatic N) is 5. The van der Waals surface area contributed by atoms with Crippen molar-refractivity contribution in [1.29, 1.82) is 0 Å². The lowest BCUT2D eigenvalue weighted by molar-refractivity contribution is -0.123. The summed E-state index contributed by atoms with van der Waals surface area (Å²) < 4.78 is 13.2. The minimum Gasteiger partial charge on any atom is -0.493 e. The Morgan fingerprint density at radius 1 is 1.18 bits per heavy atom. The zero-order valence-electron chi connectivity index (χ0n) is 16.4. The van der Waals surface area contributed by atoms with E-state index >= 15 is 0 Å². The standard InChI is InChI=1S/C18H22N6O4/c1-18(2,3)20-14(25)9-23-10-19-16-15(17(23)26)21-22-24(16)11-6-7-12(27-4)13(8-11)28-5/h6-8,10H,9H2,1-5H3,(H,20,25). The highest BCUT2D eigenvalue weighted by Crippen LogP contribution is 2.29. The molecule has 2 heterocycles. The van der Waals surface area contributed by atoms with E-state index in [4.69, 9.17) is 9.47 Å². The van der Waals surface area contributed by atoms with Crippen molar-refractivity contribution in [3.63, 3.8) is 0 Å². The first-order valence-corrected chi connectivity index (χ1v) is 8.58. The Balaban J connectivity index is 1.98. The quantitative estimate of drug-likeness (QED) is 0.693.